The quantitative estimate of drug-likeness (QED) is 0.738. The van der Waals surface area contributed by atoms with E-state index in [1.54, 1.807) is 0 Å². The van der Waals surface area contributed by atoms with E-state index in [1.807, 2.05) is 18.2 Å². The number of amides is 1. The minimum atomic E-state index is 0.0818. The van der Waals surface area contributed by atoms with Crippen molar-refractivity contribution < 1.29 is 4.79 Å². The standard InChI is InChI=1S/C11H12BrN3OS/c12-8-3-6(11(13)17)1-2-9(8)15-7-4-10(16)14-5-7/h1-3,7,15H,4-5H2,(H2,13,17)(H,14,16). The number of carbonyl (C=O) groups excluding carboxylic acids is 1. The van der Waals surface area contributed by atoms with E-state index >= 15 is 0 Å². The third-order valence-electron chi connectivity index (χ3n) is 2.59. The number of anilines is 1. The van der Waals surface area contributed by atoms with Crippen molar-refractivity contribution in [2.24, 2.45) is 5.73 Å². The molecule has 1 aliphatic rings. The smallest absolute Gasteiger partial charge is 0.222 e. The highest BCUT2D eigenvalue weighted by Gasteiger charge is 2.21. The normalized spacial score (nSPS) is 18.9. The van der Waals surface area contributed by atoms with Crippen LogP contribution in [0.4, 0.5) is 5.69 Å². The molecule has 0 aliphatic carbocycles. The number of rotatable bonds is 3. The highest BCUT2D eigenvalue weighted by atomic mass is 79.9. The zero-order valence-electron chi connectivity index (χ0n) is 9.00. The second-order valence-electron chi connectivity index (χ2n) is 3.91. The second-order valence-corrected chi connectivity index (χ2v) is 5.20. The number of thiocarbonyl (C=S) groups is 1. The Balaban J connectivity index is 2.11. The first-order valence-electron chi connectivity index (χ1n) is 5.19. The fourth-order valence-electron chi connectivity index (χ4n) is 1.71. The van der Waals surface area contributed by atoms with Crippen LogP contribution in [0.1, 0.15) is 12.0 Å². The van der Waals surface area contributed by atoms with Gasteiger partial charge in [-0.25, -0.2) is 0 Å². The predicted octanol–water partition coefficient (Wildman–Crippen LogP) is 1.38. The van der Waals surface area contributed by atoms with Crippen molar-refractivity contribution in [3.63, 3.8) is 0 Å². The molecule has 0 radical (unpaired) electrons. The minimum Gasteiger partial charge on any atom is -0.389 e. The van der Waals surface area contributed by atoms with Crippen molar-refractivity contribution in [3.05, 3.63) is 28.2 Å². The van der Waals surface area contributed by atoms with Gasteiger partial charge in [0.2, 0.25) is 5.91 Å². The Hall–Kier alpha value is -1.14. The Morgan fingerprint density at radius 1 is 1.59 bits per heavy atom. The van der Waals surface area contributed by atoms with Gasteiger partial charge in [-0.15, -0.1) is 0 Å². The van der Waals surface area contributed by atoms with Crippen LogP contribution in [-0.4, -0.2) is 23.5 Å². The lowest BCUT2D eigenvalue weighted by Crippen LogP contribution is -2.22. The van der Waals surface area contributed by atoms with Crippen molar-refractivity contribution in [3.8, 4) is 0 Å². The molecule has 1 fully saturated rings. The molecular formula is C11H12BrN3OS. The summed E-state index contributed by atoms with van der Waals surface area (Å²) in [5, 5.41) is 6.07. The lowest BCUT2D eigenvalue weighted by atomic mass is 10.2. The SMILES string of the molecule is NC(=S)c1ccc(NC2CNC(=O)C2)c(Br)c1. The summed E-state index contributed by atoms with van der Waals surface area (Å²) in [5.41, 5.74) is 7.30. The molecule has 1 atom stereocenters. The highest BCUT2D eigenvalue weighted by molar-refractivity contribution is 9.10. The van der Waals surface area contributed by atoms with E-state index in [2.05, 4.69) is 26.6 Å². The maximum absolute atomic E-state index is 11.1. The number of nitrogens with two attached hydrogens (primary N) is 1. The summed E-state index contributed by atoms with van der Waals surface area (Å²) in [6, 6.07) is 5.77. The maximum Gasteiger partial charge on any atom is 0.222 e. The average Bonchev–Trinajstić information content (AvgIpc) is 2.67. The molecule has 1 aromatic rings. The average molecular weight is 314 g/mol. The summed E-state index contributed by atoms with van der Waals surface area (Å²) >= 11 is 8.36. The molecule has 1 heterocycles. The molecule has 1 aliphatic heterocycles. The molecule has 4 N–H and O–H groups in total. The van der Waals surface area contributed by atoms with E-state index in [4.69, 9.17) is 18.0 Å². The summed E-state index contributed by atoms with van der Waals surface area (Å²) in [6.07, 6.45) is 0.503. The van der Waals surface area contributed by atoms with Crippen molar-refractivity contribution in [1.29, 1.82) is 0 Å². The van der Waals surface area contributed by atoms with Crippen LogP contribution < -0.4 is 16.4 Å². The van der Waals surface area contributed by atoms with Gasteiger partial charge < -0.3 is 16.4 Å². The number of halogens is 1. The molecule has 0 aromatic heterocycles. The van der Waals surface area contributed by atoms with Gasteiger partial charge in [0, 0.05) is 28.7 Å². The van der Waals surface area contributed by atoms with E-state index in [0.29, 0.717) is 18.0 Å². The Morgan fingerprint density at radius 2 is 2.35 bits per heavy atom. The van der Waals surface area contributed by atoms with Gasteiger partial charge in [-0.1, -0.05) is 12.2 Å². The summed E-state index contributed by atoms with van der Waals surface area (Å²) in [5.74, 6) is 0.0818. The molecule has 0 spiro atoms. The second kappa shape index (κ2) is 5.01. The third-order valence-corrected chi connectivity index (χ3v) is 3.48. The number of hydrogen-bond acceptors (Lipinski definition) is 3. The van der Waals surface area contributed by atoms with Crippen LogP contribution in [0.25, 0.3) is 0 Å². The minimum absolute atomic E-state index is 0.0818. The summed E-state index contributed by atoms with van der Waals surface area (Å²) in [7, 11) is 0. The van der Waals surface area contributed by atoms with E-state index in [-0.39, 0.29) is 11.9 Å². The first-order valence-corrected chi connectivity index (χ1v) is 6.39. The summed E-state index contributed by atoms with van der Waals surface area (Å²) in [6.45, 7) is 0.655. The van der Waals surface area contributed by atoms with Crippen molar-refractivity contribution in [1.82, 2.24) is 5.32 Å². The molecule has 17 heavy (non-hydrogen) atoms. The lowest BCUT2D eigenvalue weighted by Gasteiger charge is -2.14. The van der Waals surface area contributed by atoms with Crippen LogP contribution in [0, 0.1) is 0 Å². The molecule has 2 rings (SSSR count). The fourth-order valence-corrected chi connectivity index (χ4v) is 2.33. The summed E-state index contributed by atoms with van der Waals surface area (Å²) in [4.78, 5) is 11.4. The molecule has 1 aromatic carbocycles. The maximum atomic E-state index is 11.1. The number of hydrogen-bond donors (Lipinski definition) is 3. The monoisotopic (exact) mass is 313 g/mol. The lowest BCUT2D eigenvalue weighted by molar-refractivity contribution is -0.119. The van der Waals surface area contributed by atoms with Gasteiger partial charge in [0.25, 0.3) is 0 Å². The van der Waals surface area contributed by atoms with Gasteiger partial charge in [-0.05, 0) is 34.1 Å². The van der Waals surface area contributed by atoms with E-state index in [0.717, 1.165) is 15.7 Å². The fraction of sp³-hybridized carbons (Fsp3) is 0.273. The first kappa shape index (κ1) is 12.3. The Bertz CT molecular complexity index is 478. The van der Waals surface area contributed by atoms with Crippen molar-refractivity contribution >= 4 is 44.7 Å². The van der Waals surface area contributed by atoms with Gasteiger partial charge in [0.15, 0.2) is 0 Å². The van der Waals surface area contributed by atoms with Crippen LogP contribution in [0.2, 0.25) is 0 Å². The van der Waals surface area contributed by atoms with Crippen LogP contribution >= 0.6 is 28.1 Å². The largest absolute Gasteiger partial charge is 0.389 e. The Kier molecular flexibility index (Phi) is 3.63. The molecule has 1 saturated heterocycles. The van der Waals surface area contributed by atoms with Crippen molar-refractivity contribution in [2.75, 3.05) is 11.9 Å². The Morgan fingerprint density at radius 3 is 2.88 bits per heavy atom. The molecule has 4 nitrogen and oxygen atoms in total. The van der Waals surface area contributed by atoms with Crippen LogP contribution in [-0.2, 0) is 4.79 Å². The van der Waals surface area contributed by atoms with E-state index < -0.39 is 0 Å². The molecule has 1 amide bonds. The zero-order chi connectivity index (χ0) is 12.4. The predicted molar refractivity (Wildman–Crippen MR) is 75.1 cm³/mol. The highest BCUT2D eigenvalue weighted by Crippen LogP contribution is 2.25. The van der Waals surface area contributed by atoms with Gasteiger partial charge in [0.1, 0.15) is 4.99 Å². The molecule has 0 saturated carbocycles. The van der Waals surface area contributed by atoms with Gasteiger partial charge >= 0.3 is 0 Å². The molecular weight excluding hydrogens is 302 g/mol. The number of nitrogens with one attached hydrogen (secondary N) is 2. The molecule has 6 heteroatoms. The van der Waals surface area contributed by atoms with E-state index in [1.165, 1.54) is 0 Å². The van der Waals surface area contributed by atoms with Crippen LogP contribution in [0.15, 0.2) is 22.7 Å². The van der Waals surface area contributed by atoms with Gasteiger partial charge in [-0.2, -0.15) is 0 Å². The summed E-state index contributed by atoms with van der Waals surface area (Å²) < 4.78 is 0.891. The molecule has 0 bridgehead atoms. The number of benzene rings is 1. The first-order chi connectivity index (χ1) is 8.06. The van der Waals surface area contributed by atoms with Crippen LogP contribution in [0.3, 0.4) is 0 Å². The van der Waals surface area contributed by atoms with Gasteiger partial charge in [0.05, 0.1) is 6.04 Å². The zero-order valence-corrected chi connectivity index (χ0v) is 11.4. The third kappa shape index (κ3) is 2.95. The van der Waals surface area contributed by atoms with Crippen molar-refractivity contribution in [2.45, 2.75) is 12.5 Å². The molecule has 90 valence electrons. The van der Waals surface area contributed by atoms with Gasteiger partial charge in [-0.3, -0.25) is 4.79 Å². The number of carbonyl (C=O) groups is 1. The van der Waals surface area contributed by atoms with E-state index in [9.17, 15) is 4.79 Å². The Labute approximate surface area is 113 Å². The van der Waals surface area contributed by atoms with Crippen LogP contribution in [0.5, 0.6) is 0 Å². The molecule has 1 unspecified atom stereocenters. The topological polar surface area (TPSA) is 67.2 Å².